The van der Waals surface area contributed by atoms with E-state index in [1.54, 1.807) is 56.9 Å². The Labute approximate surface area is 191 Å². The van der Waals surface area contributed by atoms with E-state index in [0.29, 0.717) is 24.4 Å². The molecule has 0 aliphatic carbocycles. The van der Waals surface area contributed by atoms with E-state index in [-0.39, 0.29) is 0 Å². The highest BCUT2D eigenvalue weighted by Crippen LogP contribution is 2.33. The number of furan rings is 1. The minimum atomic E-state index is -0.583. The molecule has 0 fully saturated rings. The van der Waals surface area contributed by atoms with Gasteiger partial charge in [-0.3, -0.25) is 4.79 Å². The van der Waals surface area contributed by atoms with Crippen LogP contribution in [-0.4, -0.2) is 43.4 Å². The number of hydrogen-bond acceptors (Lipinski definition) is 7. The number of hydrazone groups is 1. The summed E-state index contributed by atoms with van der Waals surface area (Å²) in [6.07, 6.45) is 2.02. The van der Waals surface area contributed by atoms with Crippen molar-refractivity contribution in [3.8, 4) is 5.75 Å². The molecular formula is C25H24N2O6. The number of carbonyl (C=O) groups is 2. The Bertz CT molecular complexity index is 1120. The molecule has 8 nitrogen and oxygen atoms in total. The van der Waals surface area contributed by atoms with E-state index in [1.807, 2.05) is 24.3 Å². The number of amides is 1. The van der Waals surface area contributed by atoms with Crippen molar-refractivity contribution in [2.24, 2.45) is 5.10 Å². The zero-order chi connectivity index (χ0) is 23.2. The smallest absolute Gasteiger partial charge is 0.338 e. The molecule has 8 heteroatoms. The van der Waals surface area contributed by atoms with E-state index in [1.165, 1.54) is 5.01 Å². The second-order valence-corrected chi connectivity index (χ2v) is 7.45. The number of ether oxygens (including phenoxy) is 3. The van der Waals surface area contributed by atoms with Gasteiger partial charge in [-0.15, -0.1) is 0 Å². The first-order valence-corrected chi connectivity index (χ1v) is 10.4. The predicted molar refractivity (Wildman–Crippen MR) is 120 cm³/mol. The minimum Gasteiger partial charge on any atom is -0.497 e. The van der Waals surface area contributed by atoms with Gasteiger partial charge in [0.1, 0.15) is 17.6 Å². The Morgan fingerprint density at radius 2 is 1.82 bits per heavy atom. The zero-order valence-electron chi connectivity index (χ0n) is 18.4. The lowest BCUT2D eigenvalue weighted by molar-refractivity contribution is -0.136. The van der Waals surface area contributed by atoms with Crippen molar-refractivity contribution in [1.82, 2.24) is 5.01 Å². The summed E-state index contributed by atoms with van der Waals surface area (Å²) >= 11 is 0. The summed E-state index contributed by atoms with van der Waals surface area (Å²) in [4.78, 5) is 25.4. The maximum Gasteiger partial charge on any atom is 0.338 e. The van der Waals surface area contributed by atoms with Gasteiger partial charge in [-0.1, -0.05) is 12.1 Å². The fraction of sp³-hybridized carbons (Fsp3) is 0.240. The third-order valence-corrected chi connectivity index (χ3v) is 5.29. The van der Waals surface area contributed by atoms with Crippen LogP contribution >= 0.6 is 0 Å². The molecule has 33 heavy (non-hydrogen) atoms. The number of esters is 1. The van der Waals surface area contributed by atoms with Gasteiger partial charge in [-0.05, 0) is 59.7 Å². The molecule has 0 saturated heterocycles. The van der Waals surface area contributed by atoms with E-state index in [9.17, 15) is 9.59 Å². The third kappa shape index (κ3) is 5.12. The quantitative estimate of drug-likeness (QED) is 0.485. The first kappa shape index (κ1) is 22.3. The van der Waals surface area contributed by atoms with Crippen LogP contribution in [0.4, 0.5) is 0 Å². The summed E-state index contributed by atoms with van der Waals surface area (Å²) in [5, 5.41) is 5.86. The van der Waals surface area contributed by atoms with Crippen molar-refractivity contribution in [3.05, 3.63) is 89.4 Å². The van der Waals surface area contributed by atoms with E-state index in [0.717, 1.165) is 22.6 Å². The Balaban J connectivity index is 1.46. The van der Waals surface area contributed by atoms with E-state index < -0.39 is 24.5 Å². The van der Waals surface area contributed by atoms with Crippen LogP contribution in [0.5, 0.6) is 5.75 Å². The Morgan fingerprint density at radius 1 is 1.06 bits per heavy atom. The molecule has 1 unspecified atom stereocenters. The van der Waals surface area contributed by atoms with Crippen LogP contribution in [0.1, 0.15) is 39.7 Å². The normalized spacial score (nSPS) is 15.3. The maximum absolute atomic E-state index is 13.0. The van der Waals surface area contributed by atoms with Gasteiger partial charge >= 0.3 is 5.97 Å². The van der Waals surface area contributed by atoms with Crippen LogP contribution in [0, 0.1) is 0 Å². The number of rotatable bonds is 8. The molecule has 1 atom stereocenters. The lowest BCUT2D eigenvalue weighted by atomic mass is 10.0. The molecular weight excluding hydrogens is 424 g/mol. The van der Waals surface area contributed by atoms with Crippen LogP contribution in [0.25, 0.3) is 0 Å². The second-order valence-electron chi connectivity index (χ2n) is 7.45. The van der Waals surface area contributed by atoms with Crippen molar-refractivity contribution in [1.29, 1.82) is 0 Å². The van der Waals surface area contributed by atoms with E-state index >= 15 is 0 Å². The summed E-state index contributed by atoms with van der Waals surface area (Å²) in [6, 6.07) is 17.4. The highest BCUT2D eigenvalue weighted by Gasteiger charge is 2.35. The molecule has 3 aromatic rings. The molecule has 0 spiro atoms. The lowest BCUT2D eigenvalue weighted by Crippen LogP contribution is -2.31. The molecule has 4 rings (SSSR count). The summed E-state index contributed by atoms with van der Waals surface area (Å²) in [5.41, 5.74) is 2.89. The first-order valence-electron chi connectivity index (χ1n) is 10.4. The van der Waals surface area contributed by atoms with Gasteiger partial charge in [0.2, 0.25) is 0 Å². The number of benzene rings is 2. The molecule has 0 radical (unpaired) electrons. The predicted octanol–water partition coefficient (Wildman–Crippen LogP) is 3.97. The van der Waals surface area contributed by atoms with Gasteiger partial charge in [-0.2, -0.15) is 5.10 Å². The first-order chi connectivity index (χ1) is 16.1. The van der Waals surface area contributed by atoms with Gasteiger partial charge < -0.3 is 18.6 Å². The number of methoxy groups -OCH3 is 2. The van der Waals surface area contributed by atoms with Crippen LogP contribution in [0.3, 0.4) is 0 Å². The van der Waals surface area contributed by atoms with Crippen LogP contribution in [-0.2, 0) is 20.9 Å². The van der Waals surface area contributed by atoms with Gasteiger partial charge in [-0.25, -0.2) is 9.80 Å². The molecule has 1 aliphatic heterocycles. The SMILES string of the molecule is COCc1ccc(C(=O)OCC(=O)N2N=C(c3ccc(OC)cc3)CC2c2ccco2)cc1. The average molecular weight is 448 g/mol. The van der Waals surface area contributed by atoms with Gasteiger partial charge in [0.15, 0.2) is 6.61 Å². The molecule has 1 amide bonds. The van der Waals surface area contributed by atoms with Crippen LogP contribution in [0.15, 0.2) is 76.4 Å². The monoisotopic (exact) mass is 448 g/mol. The topological polar surface area (TPSA) is 90.6 Å². The summed E-state index contributed by atoms with van der Waals surface area (Å²) in [6.45, 7) is 0.0146. The summed E-state index contributed by atoms with van der Waals surface area (Å²) in [7, 11) is 3.20. The second kappa shape index (κ2) is 10.1. The van der Waals surface area contributed by atoms with Crippen molar-refractivity contribution < 1.29 is 28.2 Å². The van der Waals surface area contributed by atoms with E-state index in [4.69, 9.17) is 18.6 Å². The average Bonchev–Trinajstić information content (AvgIpc) is 3.53. The summed E-state index contributed by atoms with van der Waals surface area (Å²) in [5.74, 6) is 0.315. The lowest BCUT2D eigenvalue weighted by Gasteiger charge is -2.19. The Hall–Kier alpha value is -3.91. The molecule has 0 saturated carbocycles. The molecule has 170 valence electrons. The van der Waals surface area contributed by atoms with Crippen molar-refractivity contribution >= 4 is 17.6 Å². The minimum absolute atomic E-state index is 0.356. The van der Waals surface area contributed by atoms with Crippen LogP contribution < -0.4 is 4.74 Å². The number of nitrogens with zero attached hydrogens (tertiary/aromatic N) is 2. The molecule has 0 bridgehead atoms. The van der Waals surface area contributed by atoms with Crippen LogP contribution in [0.2, 0.25) is 0 Å². The Morgan fingerprint density at radius 3 is 2.45 bits per heavy atom. The number of carbonyl (C=O) groups excluding carboxylic acids is 2. The molecule has 1 aliphatic rings. The molecule has 2 aromatic carbocycles. The van der Waals surface area contributed by atoms with Gasteiger partial charge in [0, 0.05) is 13.5 Å². The van der Waals surface area contributed by atoms with E-state index in [2.05, 4.69) is 5.10 Å². The highest BCUT2D eigenvalue weighted by molar-refractivity contribution is 6.03. The maximum atomic E-state index is 13.0. The number of hydrogen-bond donors (Lipinski definition) is 0. The van der Waals surface area contributed by atoms with Crippen molar-refractivity contribution in [3.63, 3.8) is 0 Å². The third-order valence-electron chi connectivity index (χ3n) is 5.29. The standard InChI is InChI=1S/C25H24N2O6/c1-30-15-17-5-7-19(8-6-17)25(29)33-16-24(28)27-22(23-4-3-13-32-23)14-21(26-27)18-9-11-20(31-2)12-10-18/h3-13,22H,14-16H2,1-2H3. The van der Waals surface area contributed by atoms with Crippen molar-refractivity contribution in [2.75, 3.05) is 20.8 Å². The Kier molecular flexibility index (Phi) is 6.85. The summed E-state index contributed by atoms with van der Waals surface area (Å²) < 4.78 is 21.1. The molecule has 1 aromatic heterocycles. The van der Waals surface area contributed by atoms with Gasteiger partial charge in [0.05, 0.1) is 31.3 Å². The molecule has 0 N–H and O–H groups in total. The van der Waals surface area contributed by atoms with Gasteiger partial charge in [0.25, 0.3) is 5.91 Å². The van der Waals surface area contributed by atoms with Crippen molar-refractivity contribution in [2.45, 2.75) is 19.1 Å². The highest BCUT2D eigenvalue weighted by atomic mass is 16.5. The zero-order valence-corrected chi connectivity index (χ0v) is 18.4. The largest absolute Gasteiger partial charge is 0.497 e. The fourth-order valence-electron chi connectivity index (χ4n) is 3.58. The fourth-order valence-corrected chi connectivity index (χ4v) is 3.58. The molecule has 2 heterocycles.